The Labute approximate surface area is 90.8 Å². The summed E-state index contributed by atoms with van der Waals surface area (Å²) in [6.45, 7) is 4.50. The standard InChI is InChI=1S/C11H20N2O2/c1-8-4-5-13(7-8)11(14)10-3-2-9(6-12)15-10/h8-10H,2-7,12H2,1H3/t8?,9-,10+/m1/s1. The Balaban J connectivity index is 1.86. The molecule has 2 rings (SSSR count). The molecule has 0 bridgehead atoms. The zero-order valence-corrected chi connectivity index (χ0v) is 9.32. The number of hydrogen-bond donors (Lipinski definition) is 1. The van der Waals surface area contributed by atoms with Crippen LogP contribution in [0.5, 0.6) is 0 Å². The first-order valence-corrected chi connectivity index (χ1v) is 5.85. The highest BCUT2D eigenvalue weighted by molar-refractivity contribution is 5.81. The van der Waals surface area contributed by atoms with E-state index in [2.05, 4.69) is 6.92 Å². The van der Waals surface area contributed by atoms with Crippen LogP contribution in [0.15, 0.2) is 0 Å². The van der Waals surface area contributed by atoms with Crippen molar-refractivity contribution in [1.82, 2.24) is 4.90 Å². The number of carbonyl (C=O) groups excluding carboxylic acids is 1. The van der Waals surface area contributed by atoms with Crippen molar-refractivity contribution < 1.29 is 9.53 Å². The van der Waals surface area contributed by atoms with Gasteiger partial charge in [0.05, 0.1) is 6.10 Å². The van der Waals surface area contributed by atoms with Crippen LogP contribution < -0.4 is 5.73 Å². The van der Waals surface area contributed by atoms with Crippen LogP contribution in [0.3, 0.4) is 0 Å². The van der Waals surface area contributed by atoms with Crippen molar-refractivity contribution in [3.63, 3.8) is 0 Å². The quantitative estimate of drug-likeness (QED) is 0.719. The maximum Gasteiger partial charge on any atom is 0.251 e. The molecule has 0 aromatic rings. The summed E-state index contributed by atoms with van der Waals surface area (Å²) in [5.41, 5.74) is 5.52. The molecule has 3 atom stereocenters. The van der Waals surface area contributed by atoms with Crippen LogP contribution in [-0.4, -0.2) is 42.6 Å². The van der Waals surface area contributed by atoms with Gasteiger partial charge < -0.3 is 15.4 Å². The van der Waals surface area contributed by atoms with Gasteiger partial charge in [0.1, 0.15) is 6.10 Å². The number of nitrogens with zero attached hydrogens (tertiary/aromatic N) is 1. The molecule has 0 spiro atoms. The Morgan fingerprint density at radius 2 is 2.27 bits per heavy atom. The maximum atomic E-state index is 12.0. The van der Waals surface area contributed by atoms with E-state index in [1.807, 2.05) is 4.90 Å². The van der Waals surface area contributed by atoms with Crippen LogP contribution in [-0.2, 0) is 9.53 Å². The number of rotatable bonds is 2. The normalized spacial score (nSPS) is 36.1. The van der Waals surface area contributed by atoms with Crippen LogP contribution in [0.4, 0.5) is 0 Å². The van der Waals surface area contributed by atoms with Crippen molar-refractivity contribution in [3.05, 3.63) is 0 Å². The van der Waals surface area contributed by atoms with Crippen LogP contribution in [0.2, 0.25) is 0 Å². The van der Waals surface area contributed by atoms with Crippen LogP contribution in [0.1, 0.15) is 26.2 Å². The first-order valence-electron chi connectivity index (χ1n) is 5.85. The second kappa shape index (κ2) is 4.49. The Kier molecular flexibility index (Phi) is 3.26. The van der Waals surface area contributed by atoms with E-state index in [-0.39, 0.29) is 18.1 Å². The van der Waals surface area contributed by atoms with Crippen LogP contribution in [0, 0.1) is 5.92 Å². The van der Waals surface area contributed by atoms with E-state index in [1.165, 1.54) is 0 Å². The second-order valence-electron chi connectivity index (χ2n) is 4.74. The molecular weight excluding hydrogens is 192 g/mol. The molecule has 0 aromatic carbocycles. The molecule has 2 saturated heterocycles. The summed E-state index contributed by atoms with van der Waals surface area (Å²) in [6.07, 6.45) is 2.77. The first kappa shape index (κ1) is 10.9. The third-order valence-electron chi connectivity index (χ3n) is 3.38. The van der Waals surface area contributed by atoms with E-state index in [0.717, 1.165) is 32.4 Å². The van der Waals surface area contributed by atoms with E-state index in [9.17, 15) is 4.79 Å². The fraction of sp³-hybridized carbons (Fsp3) is 0.909. The number of likely N-dealkylation sites (tertiary alicyclic amines) is 1. The average Bonchev–Trinajstić information content (AvgIpc) is 2.84. The van der Waals surface area contributed by atoms with E-state index in [4.69, 9.17) is 10.5 Å². The van der Waals surface area contributed by atoms with Crippen molar-refractivity contribution in [1.29, 1.82) is 0 Å². The lowest BCUT2D eigenvalue weighted by Crippen LogP contribution is -2.38. The topological polar surface area (TPSA) is 55.6 Å². The lowest BCUT2D eigenvalue weighted by molar-refractivity contribution is -0.141. The number of hydrogen-bond acceptors (Lipinski definition) is 3. The van der Waals surface area contributed by atoms with Crippen molar-refractivity contribution in [2.45, 2.75) is 38.4 Å². The summed E-state index contributed by atoms with van der Waals surface area (Å²) in [6, 6.07) is 0. The lowest BCUT2D eigenvalue weighted by atomic mass is 10.1. The van der Waals surface area contributed by atoms with Crippen molar-refractivity contribution in [2.24, 2.45) is 11.7 Å². The molecule has 4 nitrogen and oxygen atoms in total. The molecule has 1 unspecified atom stereocenters. The lowest BCUT2D eigenvalue weighted by Gasteiger charge is -2.20. The number of carbonyl (C=O) groups is 1. The highest BCUT2D eigenvalue weighted by Crippen LogP contribution is 2.23. The SMILES string of the molecule is CC1CCN(C(=O)[C@@H]2CC[C@H](CN)O2)C1. The van der Waals surface area contributed by atoms with Crippen LogP contribution >= 0.6 is 0 Å². The number of amides is 1. The van der Waals surface area contributed by atoms with Gasteiger partial charge in [-0.05, 0) is 25.2 Å². The zero-order chi connectivity index (χ0) is 10.8. The summed E-state index contributed by atoms with van der Waals surface area (Å²) < 4.78 is 5.60. The minimum atomic E-state index is -0.219. The summed E-state index contributed by atoms with van der Waals surface area (Å²) in [7, 11) is 0. The Morgan fingerprint density at radius 1 is 1.47 bits per heavy atom. The number of ether oxygens (including phenoxy) is 1. The van der Waals surface area contributed by atoms with Gasteiger partial charge in [0.25, 0.3) is 5.91 Å². The molecule has 0 radical (unpaired) electrons. The third-order valence-corrected chi connectivity index (χ3v) is 3.38. The van der Waals surface area contributed by atoms with Gasteiger partial charge in [-0.2, -0.15) is 0 Å². The Morgan fingerprint density at radius 3 is 2.80 bits per heavy atom. The zero-order valence-electron chi connectivity index (χ0n) is 9.32. The highest BCUT2D eigenvalue weighted by Gasteiger charge is 2.34. The molecular formula is C11H20N2O2. The van der Waals surface area contributed by atoms with Crippen LogP contribution in [0.25, 0.3) is 0 Å². The second-order valence-corrected chi connectivity index (χ2v) is 4.74. The van der Waals surface area contributed by atoms with Gasteiger partial charge in [-0.3, -0.25) is 4.79 Å². The van der Waals surface area contributed by atoms with Gasteiger partial charge >= 0.3 is 0 Å². The van der Waals surface area contributed by atoms with Gasteiger partial charge in [-0.1, -0.05) is 6.92 Å². The molecule has 0 aromatic heterocycles. The maximum absolute atomic E-state index is 12.0. The van der Waals surface area contributed by atoms with E-state index in [0.29, 0.717) is 12.5 Å². The van der Waals surface area contributed by atoms with E-state index >= 15 is 0 Å². The fourth-order valence-electron chi connectivity index (χ4n) is 2.40. The third kappa shape index (κ3) is 2.32. The molecule has 2 aliphatic rings. The van der Waals surface area contributed by atoms with Gasteiger partial charge in [0.15, 0.2) is 0 Å². The molecule has 2 fully saturated rings. The Hall–Kier alpha value is -0.610. The van der Waals surface area contributed by atoms with Gasteiger partial charge in [0.2, 0.25) is 0 Å². The Bertz CT molecular complexity index is 245. The number of nitrogens with two attached hydrogens (primary N) is 1. The predicted octanol–water partition coefficient (Wildman–Crippen LogP) is 0.361. The molecule has 0 saturated carbocycles. The fourth-order valence-corrected chi connectivity index (χ4v) is 2.40. The van der Waals surface area contributed by atoms with Crippen molar-refractivity contribution in [3.8, 4) is 0 Å². The average molecular weight is 212 g/mol. The summed E-state index contributed by atoms with van der Waals surface area (Å²) in [5, 5.41) is 0. The molecule has 1 amide bonds. The summed E-state index contributed by atoms with van der Waals surface area (Å²) in [4.78, 5) is 14.0. The molecule has 2 heterocycles. The molecule has 86 valence electrons. The predicted molar refractivity (Wildman–Crippen MR) is 57.3 cm³/mol. The van der Waals surface area contributed by atoms with E-state index in [1.54, 1.807) is 0 Å². The molecule has 2 aliphatic heterocycles. The summed E-state index contributed by atoms with van der Waals surface area (Å²) in [5.74, 6) is 0.816. The van der Waals surface area contributed by atoms with Gasteiger partial charge in [0, 0.05) is 19.6 Å². The molecule has 15 heavy (non-hydrogen) atoms. The summed E-state index contributed by atoms with van der Waals surface area (Å²) >= 11 is 0. The smallest absolute Gasteiger partial charge is 0.251 e. The molecule has 0 aliphatic carbocycles. The van der Waals surface area contributed by atoms with Crippen molar-refractivity contribution >= 4 is 5.91 Å². The molecule has 4 heteroatoms. The monoisotopic (exact) mass is 212 g/mol. The molecule has 2 N–H and O–H groups in total. The van der Waals surface area contributed by atoms with Crippen molar-refractivity contribution in [2.75, 3.05) is 19.6 Å². The first-order chi connectivity index (χ1) is 7.20. The van der Waals surface area contributed by atoms with Gasteiger partial charge in [-0.15, -0.1) is 0 Å². The minimum Gasteiger partial charge on any atom is -0.364 e. The van der Waals surface area contributed by atoms with E-state index < -0.39 is 0 Å². The minimum absolute atomic E-state index is 0.0963. The largest absolute Gasteiger partial charge is 0.364 e. The van der Waals surface area contributed by atoms with Gasteiger partial charge in [-0.25, -0.2) is 0 Å². The highest BCUT2D eigenvalue weighted by atomic mass is 16.5.